The van der Waals surface area contributed by atoms with Gasteiger partial charge in [-0.1, -0.05) is 11.6 Å². The van der Waals surface area contributed by atoms with Crippen molar-refractivity contribution in [3.8, 4) is 5.75 Å². The lowest BCUT2D eigenvalue weighted by Gasteiger charge is -2.34. The third-order valence-corrected chi connectivity index (χ3v) is 3.90. The highest BCUT2D eigenvalue weighted by Gasteiger charge is 2.39. The number of hydrogen-bond donors (Lipinski definition) is 1. The molecule has 1 aromatic rings. The summed E-state index contributed by atoms with van der Waals surface area (Å²) in [5, 5.41) is 9.76. The quantitative estimate of drug-likeness (QED) is 0.880. The van der Waals surface area contributed by atoms with Crippen LogP contribution in [0.25, 0.3) is 0 Å². The lowest BCUT2D eigenvalue weighted by molar-refractivity contribution is -0.161. The van der Waals surface area contributed by atoms with E-state index in [1.54, 1.807) is 18.2 Å². The van der Waals surface area contributed by atoms with Gasteiger partial charge in [-0.05, 0) is 23.8 Å². The molecule has 2 heterocycles. The minimum absolute atomic E-state index is 0.00652. The molecule has 1 aromatic carbocycles. The minimum Gasteiger partial charge on any atom is -0.480 e. The largest absolute Gasteiger partial charge is 0.480 e. The van der Waals surface area contributed by atoms with Gasteiger partial charge in [0.25, 0.3) is 5.91 Å². The first kappa shape index (κ1) is 14.2. The molecule has 3 rings (SSSR count). The zero-order valence-corrected chi connectivity index (χ0v) is 11.9. The number of carbonyl (C=O) groups is 2. The number of fused-ring (bicyclic) bond motifs is 1. The smallest absolute Gasteiger partial charge is 0.328 e. The second-order valence-corrected chi connectivity index (χ2v) is 5.46. The zero-order chi connectivity index (χ0) is 15.0. The number of aliphatic carboxylic acids is 1. The Hall–Kier alpha value is -1.79. The fourth-order valence-electron chi connectivity index (χ4n) is 2.61. The van der Waals surface area contributed by atoms with Gasteiger partial charge >= 0.3 is 5.97 Å². The van der Waals surface area contributed by atoms with E-state index < -0.39 is 18.1 Å². The summed E-state index contributed by atoms with van der Waals surface area (Å²) in [6.07, 6.45) is -0.295. The van der Waals surface area contributed by atoms with Crippen LogP contribution in [-0.2, 0) is 20.7 Å². The second-order valence-electron chi connectivity index (χ2n) is 5.02. The fraction of sp³-hybridized carbons (Fsp3) is 0.429. The van der Waals surface area contributed by atoms with Gasteiger partial charge in [-0.2, -0.15) is 0 Å². The normalized spacial score (nSPS) is 24.3. The summed E-state index contributed by atoms with van der Waals surface area (Å²) in [5.41, 5.74) is 0.862. The average molecular weight is 312 g/mol. The summed E-state index contributed by atoms with van der Waals surface area (Å²) >= 11 is 5.92. The first-order valence-corrected chi connectivity index (χ1v) is 7.00. The van der Waals surface area contributed by atoms with Crippen LogP contribution in [0, 0.1) is 0 Å². The van der Waals surface area contributed by atoms with Gasteiger partial charge in [0.2, 0.25) is 0 Å². The zero-order valence-electron chi connectivity index (χ0n) is 11.1. The number of amides is 1. The highest BCUT2D eigenvalue weighted by Crippen LogP contribution is 2.32. The minimum atomic E-state index is -1.07. The molecule has 0 unspecified atom stereocenters. The maximum absolute atomic E-state index is 12.5. The third kappa shape index (κ3) is 2.69. The maximum atomic E-state index is 12.5. The first-order chi connectivity index (χ1) is 10.1. The Morgan fingerprint density at radius 3 is 2.95 bits per heavy atom. The molecule has 2 aliphatic heterocycles. The van der Waals surface area contributed by atoms with Gasteiger partial charge in [0.15, 0.2) is 12.1 Å². The number of benzene rings is 1. The number of ether oxygens (including phenoxy) is 2. The summed E-state index contributed by atoms with van der Waals surface area (Å²) in [7, 11) is 0. The molecule has 0 aliphatic carbocycles. The van der Waals surface area contributed by atoms with Crippen LogP contribution in [0.2, 0.25) is 5.02 Å². The topological polar surface area (TPSA) is 76.1 Å². The molecule has 21 heavy (non-hydrogen) atoms. The van der Waals surface area contributed by atoms with Crippen LogP contribution in [0.5, 0.6) is 5.75 Å². The van der Waals surface area contributed by atoms with Crippen molar-refractivity contribution >= 4 is 23.5 Å². The van der Waals surface area contributed by atoms with Crippen molar-refractivity contribution in [3.63, 3.8) is 0 Å². The molecule has 1 saturated heterocycles. The molecule has 0 radical (unpaired) electrons. The fourth-order valence-corrected chi connectivity index (χ4v) is 2.81. The Labute approximate surface area is 126 Å². The van der Waals surface area contributed by atoms with E-state index in [0.29, 0.717) is 23.8 Å². The summed E-state index contributed by atoms with van der Waals surface area (Å²) in [6.45, 7) is 0.598. The highest BCUT2D eigenvalue weighted by atomic mass is 35.5. The molecule has 0 spiro atoms. The van der Waals surface area contributed by atoms with Crippen LogP contribution < -0.4 is 4.74 Å². The number of nitrogens with zero attached hydrogens (tertiary/aromatic N) is 1. The number of morpholine rings is 1. The van der Waals surface area contributed by atoms with Crippen molar-refractivity contribution in [1.29, 1.82) is 0 Å². The standard InChI is InChI=1S/C14H14ClNO5/c15-9-1-2-11-8(5-9)6-12(21-11)13(17)16-3-4-20-7-10(16)14(18)19/h1-2,5,10,12H,3-4,6-7H2,(H,18,19)/t10-,12-/m0/s1. The molecule has 0 aromatic heterocycles. The molecule has 2 atom stereocenters. The first-order valence-electron chi connectivity index (χ1n) is 6.62. The van der Waals surface area contributed by atoms with E-state index in [9.17, 15) is 14.7 Å². The average Bonchev–Trinajstić information content (AvgIpc) is 2.89. The van der Waals surface area contributed by atoms with Gasteiger partial charge < -0.3 is 19.5 Å². The van der Waals surface area contributed by atoms with Crippen LogP contribution in [0.15, 0.2) is 18.2 Å². The van der Waals surface area contributed by atoms with Crippen molar-refractivity contribution in [2.24, 2.45) is 0 Å². The Kier molecular flexibility index (Phi) is 3.73. The van der Waals surface area contributed by atoms with Crippen LogP contribution in [-0.4, -0.2) is 53.8 Å². The molecule has 2 aliphatic rings. The van der Waals surface area contributed by atoms with Gasteiger partial charge in [0, 0.05) is 18.0 Å². The summed E-state index contributed by atoms with van der Waals surface area (Å²) in [6, 6.07) is 4.22. The van der Waals surface area contributed by atoms with Crippen LogP contribution >= 0.6 is 11.6 Å². The van der Waals surface area contributed by atoms with E-state index >= 15 is 0 Å². The number of carboxylic acid groups (broad SMARTS) is 1. The van der Waals surface area contributed by atoms with Gasteiger partial charge in [-0.25, -0.2) is 4.79 Å². The Balaban J connectivity index is 1.76. The van der Waals surface area contributed by atoms with Crippen LogP contribution in [0.3, 0.4) is 0 Å². The molecule has 112 valence electrons. The molecule has 7 heteroatoms. The maximum Gasteiger partial charge on any atom is 0.328 e. The van der Waals surface area contributed by atoms with Gasteiger partial charge in [-0.15, -0.1) is 0 Å². The highest BCUT2D eigenvalue weighted by molar-refractivity contribution is 6.30. The SMILES string of the molecule is O=C(O)[C@@H]1COCCN1C(=O)[C@@H]1Cc2cc(Cl)ccc2O1. The number of carboxylic acids is 1. The molecular formula is C14H14ClNO5. The van der Waals surface area contributed by atoms with Gasteiger partial charge in [0.1, 0.15) is 5.75 Å². The Bertz CT molecular complexity index is 591. The van der Waals surface area contributed by atoms with Crippen LogP contribution in [0.4, 0.5) is 0 Å². The lowest BCUT2D eigenvalue weighted by Crippen LogP contribution is -2.56. The predicted octanol–water partition coefficient (Wildman–Crippen LogP) is 0.956. The molecule has 0 saturated carbocycles. The van der Waals surface area contributed by atoms with Crippen molar-refractivity contribution in [2.75, 3.05) is 19.8 Å². The lowest BCUT2D eigenvalue weighted by atomic mass is 10.1. The van der Waals surface area contributed by atoms with Gasteiger partial charge in [-0.3, -0.25) is 4.79 Å². The molecular weight excluding hydrogens is 298 g/mol. The van der Waals surface area contributed by atoms with E-state index in [4.69, 9.17) is 21.1 Å². The monoisotopic (exact) mass is 311 g/mol. The Morgan fingerprint density at radius 2 is 2.19 bits per heavy atom. The van der Waals surface area contributed by atoms with Crippen LogP contribution in [0.1, 0.15) is 5.56 Å². The molecule has 1 amide bonds. The van der Waals surface area contributed by atoms with E-state index in [2.05, 4.69) is 0 Å². The van der Waals surface area contributed by atoms with E-state index in [1.165, 1.54) is 4.90 Å². The molecule has 6 nitrogen and oxygen atoms in total. The number of rotatable bonds is 2. The molecule has 1 fully saturated rings. The summed E-state index contributed by atoms with van der Waals surface area (Å²) < 4.78 is 10.8. The number of carbonyl (C=O) groups excluding carboxylic acids is 1. The summed E-state index contributed by atoms with van der Waals surface area (Å²) in [5.74, 6) is -0.766. The third-order valence-electron chi connectivity index (χ3n) is 3.67. The second kappa shape index (κ2) is 5.54. The van der Waals surface area contributed by atoms with E-state index in [0.717, 1.165) is 5.56 Å². The van der Waals surface area contributed by atoms with Crippen molar-refractivity contribution in [3.05, 3.63) is 28.8 Å². The predicted molar refractivity (Wildman–Crippen MR) is 73.5 cm³/mol. The van der Waals surface area contributed by atoms with Crippen molar-refractivity contribution in [2.45, 2.75) is 18.6 Å². The van der Waals surface area contributed by atoms with Crippen molar-refractivity contribution in [1.82, 2.24) is 4.90 Å². The molecule has 0 bridgehead atoms. The van der Waals surface area contributed by atoms with Gasteiger partial charge in [0.05, 0.1) is 13.2 Å². The Morgan fingerprint density at radius 1 is 1.38 bits per heavy atom. The number of hydrogen-bond acceptors (Lipinski definition) is 4. The van der Waals surface area contributed by atoms with Crippen molar-refractivity contribution < 1.29 is 24.2 Å². The summed E-state index contributed by atoms with van der Waals surface area (Å²) in [4.78, 5) is 25.1. The van der Waals surface area contributed by atoms with E-state index in [-0.39, 0.29) is 19.1 Å². The number of halogens is 1. The molecule has 1 N–H and O–H groups in total. The van der Waals surface area contributed by atoms with E-state index in [1.807, 2.05) is 0 Å².